The van der Waals surface area contributed by atoms with Gasteiger partial charge in [-0.25, -0.2) is 0 Å². The van der Waals surface area contributed by atoms with Crippen molar-refractivity contribution in [2.75, 3.05) is 44.7 Å². The van der Waals surface area contributed by atoms with E-state index >= 15 is 0 Å². The van der Waals surface area contributed by atoms with Gasteiger partial charge in [-0.05, 0) is 50.1 Å². The normalized spacial score (nSPS) is 19.1. The first-order valence-electron chi connectivity index (χ1n) is 10.2. The van der Waals surface area contributed by atoms with Crippen LogP contribution in [-0.4, -0.2) is 65.9 Å². The van der Waals surface area contributed by atoms with Crippen LogP contribution in [0, 0.1) is 6.92 Å². The summed E-state index contributed by atoms with van der Waals surface area (Å²) in [4.78, 5) is 27.2. The van der Waals surface area contributed by atoms with Gasteiger partial charge in [0.25, 0.3) is 11.8 Å². The standard InChI is InChI=1S/C21H27N5O3.ClH/c1-15-4-5-16(21(28)25-9-11-29-12-10-25)13-19(15)23-20(27)18-6-8-26(24-18)17-3-2-7-22-14-17;/h4-6,8,13,17,22H,2-3,7,9-12,14H2,1H3,(H,23,27);1H. The van der Waals surface area contributed by atoms with E-state index in [4.69, 9.17) is 4.74 Å². The fraction of sp³-hybridized carbons (Fsp3) is 0.476. The Bertz CT molecular complexity index is 889. The first-order valence-corrected chi connectivity index (χ1v) is 10.2. The lowest BCUT2D eigenvalue weighted by molar-refractivity contribution is 0.0303. The van der Waals surface area contributed by atoms with Gasteiger partial charge in [0.15, 0.2) is 5.69 Å². The lowest BCUT2D eigenvalue weighted by atomic mass is 10.1. The molecule has 30 heavy (non-hydrogen) atoms. The van der Waals surface area contributed by atoms with Gasteiger partial charge in [-0.15, -0.1) is 12.4 Å². The van der Waals surface area contributed by atoms with Gasteiger partial charge in [0, 0.05) is 37.1 Å². The van der Waals surface area contributed by atoms with Crippen LogP contribution in [0.15, 0.2) is 30.5 Å². The summed E-state index contributed by atoms with van der Waals surface area (Å²) in [6, 6.07) is 7.42. The van der Waals surface area contributed by atoms with E-state index in [0.717, 1.165) is 31.5 Å². The maximum Gasteiger partial charge on any atom is 0.276 e. The molecule has 3 heterocycles. The van der Waals surface area contributed by atoms with Crippen molar-refractivity contribution in [3.63, 3.8) is 0 Å². The fourth-order valence-electron chi connectivity index (χ4n) is 3.75. The van der Waals surface area contributed by atoms with Crippen molar-refractivity contribution in [2.45, 2.75) is 25.8 Å². The van der Waals surface area contributed by atoms with Crippen molar-refractivity contribution in [3.8, 4) is 0 Å². The van der Waals surface area contributed by atoms with E-state index in [9.17, 15) is 9.59 Å². The highest BCUT2D eigenvalue weighted by Gasteiger charge is 2.21. The zero-order valence-corrected chi connectivity index (χ0v) is 17.9. The Morgan fingerprint density at radius 1 is 1.23 bits per heavy atom. The van der Waals surface area contributed by atoms with Crippen molar-refractivity contribution < 1.29 is 14.3 Å². The van der Waals surface area contributed by atoms with Crippen molar-refractivity contribution in [1.29, 1.82) is 0 Å². The highest BCUT2D eigenvalue weighted by atomic mass is 35.5. The number of rotatable bonds is 4. The molecule has 2 saturated heterocycles. The summed E-state index contributed by atoms with van der Waals surface area (Å²) in [7, 11) is 0. The second-order valence-electron chi connectivity index (χ2n) is 7.57. The number of anilines is 1. The van der Waals surface area contributed by atoms with E-state index in [-0.39, 0.29) is 30.3 Å². The molecular formula is C21H28ClN5O3. The number of amides is 2. The number of aryl methyl sites for hydroxylation is 1. The third-order valence-electron chi connectivity index (χ3n) is 5.52. The van der Waals surface area contributed by atoms with Crippen LogP contribution < -0.4 is 10.6 Å². The number of nitrogens with one attached hydrogen (secondary N) is 2. The summed E-state index contributed by atoms with van der Waals surface area (Å²) in [5.74, 6) is -0.315. The van der Waals surface area contributed by atoms with Crippen molar-refractivity contribution in [1.82, 2.24) is 20.0 Å². The molecule has 1 aromatic carbocycles. The molecule has 4 rings (SSSR count). The predicted molar refractivity (Wildman–Crippen MR) is 116 cm³/mol. The minimum atomic E-state index is -0.272. The number of carbonyl (C=O) groups is 2. The van der Waals surface area contributed by atoms with Crippen LogP contribution in [0.1, 0.15) is 45.3 Å². The highest BCUT2D eigenvalue weighted by Crippen LogP contribution is 2.20. The van der Waals surface area contributed by atoms with Gasteiger partial charge in [0.05, 0.1) is 19.3 Å². The molecule has 2 aromatic rings. The molecule has 8 nitrogen and oxygen atoms in total. The van der Waals surface area contributed by atoms with E-state index in [1.807, 2.05) is 23.9 Å². The number of ether oxygens (including phenoxy) is 1. The van der Waals surface area contributed by atoms with Crippen molar-refractivity contribution in [3.05, 3.63) is 47.3 Å². The number of hydrogen-bond acceptors (Lipinski definition) is 5. The van der Waals surface area contributed by atoms with Gasteiger partial charge in [0.1, 0.15) is 0 Å². The SMILES string of the molecule is Cc1ccc(C(=O)N2CCOCC2)cc1NC(=O)c1ccn(C2CCCNC2)n1.Cl. The van der Waals surface area contributed by atoms with Crippen LogP contribution in [-0.2, 0) is 4.74 Å². The number of morpholine rings is 1. The van der Waals surface area contributed by atoms with Crippen LogP contribution >= 0.6 is 12.4 Å². The highest BCUT2D eigenvalue weighted by molar-refractivity contribution is 6.04. The summed E-state index contributed by atoms with van der Waals surface area (Å²) >= 11 is 0. The molecular weight excluding hydrogens is 406 g/mol. The van der Waals surface area contributed by atoms with E-state index in [0.29, 0.717) is 43.2 Å². The van der Waals surface area contributed by atoms with Gasteiger partial charge < -0.3 is 20.3 Å². The van der Waals surface area contributed by atoms with Crippen LogP contribution in [0.2, 0.25) is 0 Å². The van der Waals surface area contributed by atoms with Gasteiger partial charge in [-0.3, -0.25) is 14.3 Å². The minimum absolute atomic E-state index is 0. The average molecular weight is 434 g/mol. The Morgan fingerprint density at radius 3 is 2.77 bits per heavy atom. The number of aromatic nitrogens is 2. The Balaban J connectivity index is 0.00000256. The summed E-state index contributed by atoms with van der Waals surface area (Å²) in [5, 5.41) is 10.7. The molecule has 1 unspecified atom stereocenters. The molecule has 0 spiro atoms. The maximum atomic E-state index is 12.7. The Hall–Kier alpha value is -2.42. The quantitative estimate of drug-likeness (QED) is 0.772. The van der Waals surface area contributed by atoms with Crippen LogP contribution in [0.25, 0.3) is 0 Å². The minimum Gasteiger partial charge on any atom is -0.378 e. The summed E-state index contributed by atoms with van der Waals surface area (Å²) in [5.41, 5.74) is 2.46. The molecule has 2 fully saturated rings. The number of nitrogens with zero attached hydrogens (tertiary/aromatic N) is 3. The Morgan fingerprint density at radius 2 is 2.03 bits per heavy atom. The number of piperidine rings is 1. The number of benzene rings is 1. The third kappa shape index (κ3) is 5.00. The molecule has 2 aliphatic heterocycles. The Kier molecular flexibility index (Phi) is 7.47. The molecule has 162 valence electrons. The average Bonchev–Trinajstić information content (AvgIpc) is 3.26. The largest absolute Gasteiger partial charge is 0.378 e. The van der Waals surface area contributed by atoms with Gasteiger partial charge in [-0.2, -0.15) is 5.10 Å². The molecule has 0 saturated carbocycles. The number of halogens is 1. The third-order valence-corrected chi connectivity index (χ3v) is 5.52. The molecule has 0 bridgehead atoms. The van der Waals surface area contributed by atoms with E-state index in [2.05, 4.69) is 15.7 Å². The molecule has 0 radical (unpaired) electrons. The van der Waals surface area contributed by atoms with E-state index in [1.165, 1.54) is 0 Å². The lowest BCUT2D eigenvalue weighted by Gasteiger charge is -2.27. The number of carbonyl (C=O) groups excluding carboxylic acids is 2. The molecule has 2 aliphatic rings. The first-order chi connectivity index (χ1) is 14.1. The van der Waals surface area contributed by atoms with Gasteiger partial charge in [0.2, 0.25) is 0 Å². The van der Waals surface area contributed by atoms with Crippen LogP contribution in [0.3, 0.4) is 0 Å². The van der Waals surface area contributed by atoms with Crippen molar-refractivity contribution >= 4 is 29.9 Å². The number of hydrogen-bond donors (Lipinski definition) is 2. The predicted octanol–water partition coefficient (Wildman–Crippen LogP) is 2.26. The summed E-state index contributed by atoms with van der Waals surface area (Å²) in [6.07, 6.45) is 4.02. The Labute approximate surface area is 182 Å². The molecule has 2 amide bonds. The molecule has 1 atom stereocenters. The van der Waals surface area contributed by atoms with Crippen molar-refractivity contribution in [2.24, 2.45) is 0 Å². The second-order valence-corrected chi connectivity index (χ2v) is 7.57. The van der Waals surface area contributed by atoms with Crippen LogP contribution in [0.4, 0.5) is 5.69 Å². The zero-order valence-electron chi connectivity index (χ0n) is 17.1. The lowest BCUT2D eigenvalue weighted by Crippen LogP contribution is -2.40. The summed E-state index contributed by atoms with van der Waals surface area (Å²) < 4.78 is 7.18. The maximum absolute atomic E-state index is 12.7. The molecule has 9 heteroatoms. The van der Waals surface area contributed by atoms with Gasteiger partial charge in [-0.1, -0.05) is 6.07 Å². The zero-order chi connectivity index (χ0) is 20.2. The molecule has 2 N–H and O–H groups in total. The van der Waals surface area contributed by atoms with E-state index < -0.39 is 0 Å². The van der Waals surface area contributed by atoms with Gasteiger partial charge >= 0.3 is 0 Å². The smallest absolute Gasteiger partial charge is 0.276 e. The summed E-state index contributed by atoms with van der Waals surface area (Å²) in [6.45, 7) is 6.09. The fourth-order valence-corrected chi connectivity index (χ4v) is 3.75. The first kappa shape index (κ1) is 22.3. The topological polar surface area (TPSA) is 88.5 Å². The molecule has 1 aromatic heterocycles. The monoisotopic (exact) mass is 433 g/mol. The van der Waals surface area contributed by atoms with Crippen LogP contribution in [0.5, 0.6) is 0 Å². The molecule has 0 aliphatic carbocycles. The second kappa shape index (κ2) is 10.1. The van der Waals surface area contributed by atoms with E-state index in [1.54, 1.807) is 23.1 Å².